The molecule has 4 heterocycles. The van der Waals surface area contributed by atoms with E-state index < -0.39 is 5.92 Å². The summed E-state index contributed by atoms with van der Waals surface area (Å²) >= 11 is 0. The number of halogens is 2. The zero-order chi connectivity index (χ0) is 15.3. The molecule has 5 nitrogen and oxygen atoms in total. The standard InChI is InChI=1S/C15H19F2N5/c1-11-18-14-3-2-13(8-22(14)19-11)20-6-4-12(5-7-20)21-9-15(16,17)10-21/h2-3,8,12H,4-7,9-10H2,1H3. The van der Waals surface area contributed by atoms with Crippen LogP contribution < -0.4 is 4.90 Å². The molecule has 2 aliphatic heterocycles. The molecule has 0 atom stereocenters. The number of aryl methyl sites for hydroxylation is 1. The van der Waals surface area contributed by atoms with Crippen LogP contribution in [0.25, 0.3) is 5.65 Å². The van der Waals surface area contributed by atoms with E-state index in [0.29, 0.717) is 6.04 Å². The number of aromatic nitrogens is 3. The number of alkyl halides is 2. The summed E-state index contributed by atoms with van der Waals surface area (Å²) in [7, 11) is 0. The second-order valence-electron chi connectivity index (χ2n) is 6.33. The van der Waals surface area contributed by atoms with Crippen molar-refractivity contribution >= 4 is 11.3 Å². The van der Waals surface area contributed by atoms with Gasteiger partial charge in [-0.05, 0) is 31.9 Å². The predicted molar refractivity (Wildman–Crippen MR) is 79.5 cm³/mol. The molecule has 7 heteroatoms. The highest BCUT2D eigenvalue weighted by Crippen LogP contribution is 2.32. The third-order valence-corrected chi connectivity index (χ3v) is 4.64. The average molecular weight is 307 g/mol. The van der Waals surface area contributed by atoms with E-state index in [1.165, 1.54) is 0 Å². The van der Waals surface area contributed by atoms with Crippen LogP contribution in [0.15, 0.2) is 18.3 Å². The molecule has 0 aliphatic carbocycles. The summed E-state index contributed by atoms with van der Waals surface area (Å²) in [6.45, 7) is 3.53. The molecule has 2 aromatic rings. The smallest absolute Gasteiger partial charge is 0.272 e. The van der Waals surface area contributed by atoms with E-state index in [4.69, 9.17) is 0 Å². The normalized spacial score (nSPS) is 23.0. The molecule has 118 valence electrons. The Bertz CT molecular complexity index is 682. The van der Waals surface area contributed by atoms with Crippen LogP contribution in [0.1, 0.15) is 18.7 Å². The first-order valence-corrected chi connectivity index (χ1v) is 7.70. The van der Waals surface area contributed by atoms with E-state index in [0.717, 1.165) is 43.1 Å². The van der Waals surface area contributed by atoms with Gasteiger partial charge in [-0.15, -0.1) is 0 Å². The van der Waals surface area contributed by atoms with Gasteiger partial charge in [-0.25, -0.2) is 18.3 Å². The second kappa shape index (κ2) is 4.87. The lowest BCUT2D eigenvalue weighted by Crippen LogP contribution is -2.61. The van der Waals surface area contributed by atoms with Crippen LogP contribution in [0, 0.1) is 6.92 Å². The lowest BCUT2D eigenvalue weighted by atomic mass is 9.98. The first-order valence-electron chi connectivity index (χ1n) is 7.70. The van der Waals surface area contributed by atoms with Gasteiger partial charge in [-0.2, -0.15) is 5.10 Å². The van der Waals surface area contributed by atoms with E-state index in [1.54, 1.807) is 4.52 Å². The SMILES string of the molecule is Cc1nc2ccc(N3CCC(N4CC(F)(F)C4)CC3)cn2n1. The van der Waals surface area contributed by atoms with Gasteiger partial charge in [-0.1, -0.05) is 0 Å². The molecule has 4 rings (SSSR count). The minimum absolute atomic E-state index is 0.0676. The fraction of sp³-hybridized carbons (Fsp3) is 0.600. The number of likely N-dealkylation sites (tertiary alicyclic amines) is 1. The van der Waals surface area contributed by atoms with Crippen molar-refractivity contribution in [2.45, 2.75) is 31.7 Å². The number of piperidine rings is 1. The molecule has 2 saturated heterocycles. The zero-order valence-corrected chi connectivity index (χ0v) is 12.5. The van der Waals surface area contributed by atoms with E-state index in [2.05, 4.69) is 21.0 Å². The van der Waals surface area contributed by atoms with Gasteiger partial charge in [0, 0.05) is 19.1 Å². The van der Waals surface area contributed by atoms with Crippen molar-refractivity contribution < 1.29 is 8.78 Å². The molecule has 2 aromatic heterocycles. The molecule has 0 bridgehead atoms. The van der Waals surface area contributed by atoms with Gasteiger partial charge in [0.05, 0.1) is 25.0 Å². The van der Waals surface area contributed by atoms with Crippen LogP contribution in [-0.4, -0.2) is 57.6 Å². The average Bonchev–Trinajstić information content (AvgIpc) is 2.84. The Morgan fingerprint density at radius 3 is 2.59 bits per heavy atom. The summed E-state index contributed by atoms with van der Waals surface area (Å²) in [5, 5.41) is 4.34. The number of hydrogen-bond donors (Lipinski definition) is 0. The third-order valence-electron chi connectivity index (χ3n) is 4.64. The number of hydrogen-bond acceptors (Lipinski definition) is 4. The highest BCUT2D eigenvalue weighted by atomic mass is 19.3. The summed E-state index contributed by atoms with van der Waals surface area (Å²) in [5.41, 5.74) is 1.96. The van der Waals surface area contributed by atoms with Crippen molar-refractivity contribution in [2.24, 2.45) is 0 Å². The van der Waals surface area contributed by atoms with Gasteiger partial charge in [0.25, 0.3) is 5.92 Å². The Kier molecular flexibility index (Phi) is 3.07. The van der Waals surface area contributed by atoms with Crippen LogP contribution >= 0.6 is 0 Å². The van der Waals surface area contributed by atoms with Crippen molar-refractivity contribution in [2.75, 3.05) is 31.1 Å². The van der Waals surface area contributed by atoms with Gasteiger partial charge < -0.3 is 4.90 Å². The van der Waals surface area contributed by atoms with Crippen LogP contribution in [0.2, 0.25) is 0 Å². The van der Waals surface area contributed by atoms with E-state index >= 15 is 0 Å². The summed E-state index contributed by atoms with van der Waals surface area (Å²) < 4.78 is 27.7. The quantitative estimate of drug-likeness (QED) is 0.850. The molecule has 0 saturated carbocycles. The summed E-state index contributed by atoms with van der Waals surface area (Å²) in [5.74, 6) is -1.71. The highest BCUT2D eigenvalue weighted by molar-refractivity contribution is 5.51. The van der Waals surface area contributed by atoms with Gasteiger partial charge in [0.2, 0.25) is 0 Å². The molecule has 2 aliphatic rings. The lowest BCUT2D eigenvalue weighted by Gasteiger charge is -2.47. The number of nitrogens with zero attached hydrogens (tertiary/aromatic N) is 5. The third kappa shape index (κ3) is 2.43. The second-order valence-corrected chi connectivity index (χ2v) is 6.33. The van der Waals surface area contributed by atoms with Crippen molar-refractivity contribution in [1.82, 2.24) is 19.5 Å². The molecule has 22 heavy (non-hydrogen) atoms. The molecular weight excluding hydrogens is 288 g/mol. The van der Waals surface area contributed by atoms with Gasteiger partial charge in [0.1, 0.15) is 5.82 Å². The largest absolute Gasteiger partial charge is 0.370 e. The molecule has 0 aromatic carbocycles. The van der Waals surface area contributed by atoms with Gasteiger partial charge >= 0.3 is 0 Å². The Balaban J connectivity index is 1.42. The Morgan fingerprint density at radius 2 is 1.91 bits per heavy atom. The summed E-state index contributed by atoms with van der Waals surface area (Å²) in [6.07, 6.45) is 3.86. The number of pyridine rings is 1. The lowest BCUT2D eigenvalue weighted by molar-refractivity contribution is -0.148. The van der Waals surface area contributed by atoms with Crippen molar-refractivity contribution in [3.63, 3.8) is 0 Å². The van der Waals surface area contributed by atoms with E-state index in [9.17, 15) is 8.78 Å². The van der Waals surface area contributed by atoms with E-state index in [-0.39, 0.29) is 13.1 Å². The fourth-order valence-corrected chi connectivity index (χ4v) is 3.47. The van der Waals surface area contributed by atoms with Crippen molar-refractivity contribution in [1.29, 1.82) is 0 Å². The topological polar surface area (TPSA) is 36.7 Å². The first kappa shape index (κ1) is 13.9. The molecule has 0 radical (unpaired) electrons. The molecular formula is C15H19F2N5. The van der Waals surface area contributed by atoms with Crippen LogP contribution in [0.4, 0.5) is 14.5 Å². The molecule has 0 amide bonds. The van der Waals surface area contributed by atoms with Gasteiger partial charge in [-0.3, -0.25) is 4.90 Å². The maximum absolute atomic E-state index is 13.0. The zero-order valence-electron chi connectivity index (χ0n) is 12.5. The molecule has 0 unspecified atom stereocenters. The summed E-state index contributed by atoms with van der Waals surface area (Å²) in [6, 6.07) is 4.33. The monoisotopic (exact) mass is 307 g/mol. The van der Waals surface area contributed by atoms with Gasteiger partial charge in [0.15, 0.2) is 5.65 Å². The summed E-state index contributed by atoms with van der Waals surface area (Å²) in [4.78, 5) is 8.54. The van der Waals surface area contributed by atoms with Crippen LogP contribution in [0.5, 0.6) is 0 Å². The number of fused-ring (bicyclic) bond motifs is 1. The van der Waals surface area contributed by atoms with Crippen molar-refractivity contribution in [3.8, 4) is 0 Å². The minimum atomic E-state index is -2.47. The Labute approximate surface area is 127 Å². The van der Waals surface area contributed by atoms with Crippen LogP contribution in [0.3, 0.4) is 0 Å². The number of anilines is 1. The minimum Gasteiger partial charge on any atom is -0.370 e. The predicted octanol–water partition coefficient (Wildman–Crippen LogP) is 1.96. The van der Waals surface area contributed by atoms with E-state index in [1.807, 2.05) is 24.1 Å². The molecule has 0 spiro atoms. The molecule has 2 fully saturated rings. The highest BCUT2D eigenvalue weighted by Gasteiger charge is 2.46. The Morgan fingerprint density at radius 1 is 1.18 bits per heavy atom. The maximum atomic E-state index is 13.0. The molecule has 0 N–H and O–H groups in total. The maximum Gasteiger partial charge on any atom is 0.272 e. The first-order chi connectivity index (χ1) is 10.5. The Hall–Kier alpha value is -1.76. The van der Waals surface area contributed by atoms with Crippen LogP contribution in [-0.2, 0) is 0 Å². The number of rotatable bonds is 2. The van der Waals surface area contributed by atoms with Crippen molar-refractivity contribution in [3.05, 3.63) is 24.2 Å². The fourth-order valence-electron chi connectivity index (χ4n) is 3.47.